The highest BCUT2D eigenvalue weighted by Gasteiger charge is 2.17. The highest BCUT2D eigenvalue weighted by atomic mass is 16.3. The molecule has 2 rings (SSSR count). The molecule has 1 saturated carbocycles. The third-order valence-electron chi connectivity index (χ3n) is 3.55. The number of hydrogen-bond acceptors (Lipinski definition) is 1. The fraction of sp³-hybridized carbons (Fsp3) is 0.571. The molecule has 0 aliphatic heterocycles. The van der Waals surface area contributed by atoms with Gasteiger partial charge in [0.25, 0.3) is 0 Å². The number of aryl methyl sites for hydroxylation is 1. The Balaban J connectivity index is 2.25. The summed E-state index contributed by atoms with van der Waals surface area (Å²) in [6.07, 6.45) is 7.83. The summed E-state index contributed by atoms with van der Waals surface area (Å²) in [5, 5.41) is 9.47. The molecule has 1 fully saturated rings. The molecule has 0 radical (unpaired) electrons. The number of phenols is 1. The van der Waals surface area contributed by atoms with Crippen molar-refractivity contribution >= 4 is 0 Å². The smallest absolute Gasteiger partial charge is 0.115 e. The Kier molecular flexibility index (Phi) is 3.30. The summed E-state index contributed by atoms with van der Waals surface area (Å²) in [5.41, 5.74) is 2.82. The molecule has 1 aromatic carbocycles. The van der Waals surface area contributed by atoms with E-state index in [0.717, 1.165) is 12.3 Å². The van der Waals surface area contributed by atoms with E-state index in [2.05, 4.69) is 13.0 Å². The Bertz CT molecular complexity index is 324. The lowest BCUT2D eigenvalue weighted by Crippen LogP contribution is -2.06. The molecule has 0 unspecified atom stereocenters. The van der Waals surface area contributed by atoms with Crippen molar-refractivity contribution in [1.82, 2.24) is 0 Å². The molecule has 1 aromatic rings. The molecule has 0 amide bonds. The van der Waals surface area contributed by atoms with Crippen molar-refractivity contribution in [2.45, 2.75) is 51.4 Å². The van der Waals surface area contributed by atoms with Crippen molar-refractivity contribution in [2.24, 2.45) is 0 Å². The molecule has 0 aromatic heterocycles. The summed E-state index contributed by atoms with van der Waals surface area (Å²) >= 11 is 0. The molecule has 0 bridgehead atoms. The highest BCUT2D eigenvalue weighted by Crippen LogP contribution is 2.35. The first kappa shape index (κ1) is 10.5. The minimum absolute atomic E-state index is 0.409. The number of aromatic hydroxyl groups is 1. The van der Waals surface area contributed by atoms with Gasteiger partial charge in [-0.3, -0.25) is 0 Å². The maximum atomic E-state index is 9.47. The molecule has 0 saturated heterocycles. The van der Waals surface area contributed by atoms with Crippen LogP contribution in [-0.4, -0.2) is 5.11 Å². The fourth-order valence-electron chi connectivity index (χ4n) is 2.71. The van der Waals surface area contributed by atoms with Crippen molar-refractivity contribution in [2.75, 3.05) is 0 Å². The number of rotatable bonds is 2. The second-order valence-electron chi connectivity index (χ2n) is 4.57. The van der Waals surface area contributed by atoms with Gasteiger partial charge in [0.05, 0.1) is 0 Å². The van der Waals surface area contributed by atoms with Crippen LogP contribution < -0.4 is 0 Å². The van der Waals surface area contributed by atoms with E-state index >= 15 is 0 Å². The standard InChI is InChI=1S/C14H20O/c1-2-11-10-13(15)8-9-14(11)12-6-4-3-5-7-12/h8-10,12,15H,2-7H2,1H3. The average Bonchev–Trinajstić information content (AvgIpc) is 2.30. The second kappa shape index (κ2) is 4.69. The lowest BCUT2D eigenvalue weighted by atomic mass is 9.81. The average molecular weight is 204 g/mol. The molecule has 1 aliphatic rings. The number of hydrogen-bond donors (Lipinski definition) is 1. The summed E-state index contributed by atoms with van der Waals surface area (Å²) in [4.78, 5) is 0. The van der Waals surface area contributed by atoms with Crippen molar-refractivity contribution in [1.29, 1.82) is 0 Å². The molecule has 1 aliphatic carbocycles. The first-order chi connectivity index (χ1) is 7.31. The van der Waals surface area contributed by atoms with Crippen molar-refractivity contribution in [3.63, 3.8) is 0 Å². The SMILES string of the molecule is CCc1cc(O)ccc1C1CCCCC1. The van der Waals surface area contributed by atoms with Gasteiger partial charge in [-0.15, -0.1) is 0 Å². The summed E-state index contributed by atoms with van der Waals surface area (Å²) < 4.78 is 0. The molecule has 15 heavy (non-hydrogen) atoms. The Labute approximate surface area is 92.1 Å². The van der Waals surface area contributed by atoms with E-state index in [9.17, 15) is 5.11 Å². The normalized spacial score (nSPS) is 17.9. The van der Waals surface area contributed by atoms with Crippen molar-refractivity contribution in [3.05, 3.63) is 29.3 Å². The minimum Gasteiger partial charge on any atom is -0.508 e. The molecule has 0 spiro atoms. The van der Waals surface area contributed by atoms with Gasteiger partial charge in [0.15, 0.2) is 0 Å². The van der Waals surface area contributed by atoms with Crippen LogP contribution >= 0.6 is 0 Å². The van der Waals surface area contributed by atoms with E-state index in [1.54, 1.807) is 0 Å². The van der Waals surface area contributed by atoms with E-state index in [-0.39, 0.29) is 0 Å². The molecule has 1 N–H and O–H groups in total. The third kappa shape index (κ3) is 2.34. The first-order valence-corrected chi connectivity index (χ1v) is 6.13. The first-order valence-electron chi connectivity index (χ1n) is 6.13. The van der Waals surface area contributed by atoms with Crippen LogP contribution in [0.1, 0.15) is 56.1 Å². The zero-order chi connectivity index (χ0) is 10.7. The summed E-state index contributed by atoms with van der Waals surface area (Å²) in [5.74, 6) is 1.15. The summed E-state index contributed by atoms with van der Waals surface area (Å²) in [6.45, 7) is 2.17. The zero-order valence-corrected chi connectivity index (χ0v) is 9.50. The maximum absolute atomic E-state index is 9.47. The second-order valence-corrected chi connectivity index (χ2v) is 4.57. The van der Waals surface area contributed by atoms with Gasteiger partial charge in [-0.05, 0) is 48.4 Å². The molecular formula is C14H20O. The van der Waals surface area contributed by atoms with Gasteiger partial charge < -0.3 is 5.11 Å². The van der Waals surface area contributed by atoms with E-state index in [4.69, 9.17) is 0 Å². The van der Waals surface area contributed by atoms with Crippen LogP contribution in [0, 0.1) is 0 Å². The predicted molar refractivity (Wildman–Crippen MR) is 63.3 cm³/mol. The molecule has 1 nitrogen and oxygen atoms in total. The van der Waals surface area contributed by atoms with Gasteiger partial charge in [-0.1, -0.05) is 32.3 Å². The monoisotopic (exact) mass is 204 g/mol. The molecule has 1 heteroatoms. The Morgan fingerprint density at radius 2 is 1.93 bits per heavy atom. The fourth-order valence-corrected chi connectivity index (χ4v) is 2.71. The van der Waals surface area contributed by atoms with Crippen LogP contribution in [0.5, 0.6) is 5.75 Å². The van der Waals surface area contributed by atoms with Crippen LogP contribution in [-0.2, 0) is 6.42 Å². The van der Waals surface area contributed by atoms with Crippen molar-refractivity contribution < 1.29 is 5.11 Å². The van der Waals surface area contributed by atoms with Gasteiger partial charge in [0.2, 0.25) is 0 Å². The van der Waals surface area contributed by atoms with Gasteiger partial charge in [0.1, 0.15) is 5.75 Å². The van der Waals surface area contributed by atoms with Crippen LogP contribution in [0.2, 0.25) is 0 Å². The van der Waals surface area contributed by atoms with Crippen LogP contribution in [0.4, 0.5) is 0 Å². The van der Waals surface area contributed by atoms with Gasteiger partial charge in [-0.25, -0.2) is 0 Å². The Morgan fingerprint density at radius 3 is 2.60 bits per heavy atom. The largest absolute Gasteiger partial charge is 0.508 e. The van der Waals surface area contributed by atoms with Crippen LogP contribution in [0.25, 0.3) is 0 Å². The van der Waals surface area contributed by atoms with E-state index in [1.165, 1.54) is 43.2 Å². The zero-order valence-electron chi connectivity index (χ0n) is 9.50. The molecule has 82 valence electrons. The lowest BCUT2D eigenvalue weighted by molar-refractivity contribution is 0.439. The summed E-state index contributed by atoms with van der Waals surface area (Å²) in [6, 6.07) is 5.90. The number of phenolic OH excluding ortho intramolecular Hbond substituents is 1. The van der Waals surface area contributed by atoms with Gasteiger partial charge in [-0.2, -0.15) is 0 Å². The highest BCUT2D eigenvalue weighted by molar-refractivity contribution is 5.37. The van der Waals surface area contributed by atoms with Crippen LogP contribution in [0.3, 0.4) is 0 Å². The van der Waals surface area contributed by atoms with E-state index < -0.39 is 0 Å². The Morgan fingerprint density at radius 1 is 1.20 bits per heavy atom. The summed E-state index contributed by atoms with van der Waals surface area (Å²) in [7, 11) is 0. The van der Waals surface area contributed by atoms with Crippen LogP contribution in [0.15, 0.2) is 18.2 Å². The molecular weight excluding hydrogens is 184 g/mol. The topological polar surface area (TPSA) is 20.2 Å². The Hall–Kier alpha value is -0.980. The van der Waals surface area contributed by atoms with Gasteiger partial charge in [0, 0.05) is 0 Å². The minimum atomic E-state index is 0.409. The third-order valence-corrected chi connectivity index (χ3v) is 3.55. The predicted octanol–water partition coefficient (Wildman–Crippen LogP) is 4.00. The quantitative estimate of drug-likeness (QED) is 0.772. The van der Waals surface area contributed by atoms with E-state index in [0.29, 0.717) is 5.75 Å². The van der Waals surface area contributed by atoms with Gasteiger partial charge >= 0.3 is 0 Å². The van der Waals surface area contributed by atoms with Crippen molar-refractivity contribution in [3.8, 4) is 5.75 Å². The number of benzene rings is 1. The van der Waals surface area contributed by atoms with E-state index in [1.807, 2.05) is 12.1 Å². The molecule has 0 heterocycles. The maximum Gasteiger partial charge on any atom is 0.115 e. The lowest BCUT2D eigenvalue weighted by Gasteiger charge is -2.24. The molecule has 0 atom stereocenters.